The van der Waals surface area contributed by atoms with Crippen molar-refractivity contribution >= 4 is 5.78 Å². The molecule has 0 aromatic heterocycles. The van der Waals surface area contributed by atoms with Gasteiger partial charge < -0.3 is 0 Å². The molecule has 0 saturated carbocycles. The molecular formula is C16H24O. The summed E-state index contributed by atoms with van der Waals surface area (Å²) in [4.78, 5) is 11.1. The highest BCUT2D eigenvalue weighted by atomic mass is 16.1. The van der Waals surface area contributed by atoms with Gasteiger partial charge in [-0.25, -0.2) is 0 Å². The Morgan fingerprint density at radius 3 is 2.53 bits per heavy atom. The van der Waals surface area contributed by atoms with E-state index >= 15 is 0 Å². The zero-order valence-corrected chi connectivity index (χ0v) is 11.4. The molecule has 1 aromatic rings. The summed E-state index contributed by atoms with van der Waals surface area (Å²) in [7, 11) is 0. The highest BCUT2D eigenvalue weighted by Gasteiger charge is 2.03. The zero-order valence-electron chi connectivity index (χ0n) is 11.4. The zero-order chi connectivity index (χ0) is 12.7. The quantitative estimate of drug-likeness (QED) is 0.642. The van der Waals surface area contributed by atoms with Gasteiger partial charge in [0.25, 0.3) is 0 Å². The maximum absolute atomic E-state index is 11.1. The molecule has 0 atom stereocenters. The molecule has 0 aliphatic rings. The summed E-state index contributed by atoms with van der Waals surface area (Å²) in [6.45, 7) is 5.99. The molecule has 0 spiro atoms. The lowest BCUT2D eigenvalue weighted by molar-refractivity contribution is -0.116. The molecule has 0 bridgehead atoms. The van der Waals surface area contributed by atoms with Gasteiger partial charge in [-0.3, -0.25) is 4.79 Å². The third kappa shape index (κ3) is 5.16. The van der Waals surface area contributed by atoms with E-state index in [9.17, 15) is 4.79 Å². The molecule has 1 aromatic carbocycles. The van der Waals surface area contributed by atoms with Gasteiger partial charge in [0, 0.05) is 6.42 Å². The van der Waals surface area contributed by atoms with Crippen LogP contribution >= 0.6 is 0 Å². The summed E-state index contributed by atoms with van der Waals surface area (Å²) >= 11 is 0. The van der Waals surface area contributed by atoms with Crippen molar-refractivity contribution in [3.05, 3.63) is 34.9 Å². The Balaban J connectivity index is 2.53. The van der Waals surface area contributed by atoms with Gasteiger partial charge in [-0.15, -0.1) is 0 Å². The fraction of sp³-hybridized carbons (Fsp3) is 0.562. The summed E-state index contributed by atoms with van der Waals surface area (Å²) in [5.41, 5.74) is 3.84. The minimum absolute atomic E-state index is 0.240. The van der Waals surface area contributed by atoms with Crippen molar-refractivity contribution in [3.63, 3.8) is 0 Å². The first-order valence-electron chi connectivity index (χ1n) is 6.71. The van der Waals surface area contributed by atoms with Crippen LogP contribution in [-0.4, -0.2) is 5.78 Å². The molecule has 1 nitrogen and oxygen atoms in total. The summed E-state index contributed by atoms with van der Waals surface area (Å²) in [5, 5.41) is 0. The second kappa shape index (κ2) is 7.26. The number of hydrogen-bond donors (Lipinski definition) is 0. The van der Waals surface area contributed by atoms with E-state index in [0.717, 1.165) is 0 Å². The molecule has 0 saturated heterocycles. The van der Waals surface area contributed by atoms with Crippen molar-refractivity contribution in [1.82, 2.24) is 0 Å². The molecule has 17 heavy (non-hydrogen) atoms. The van der Waals surface area contributed by atoms with Crippen molar-refractivity contribution in [1.29, 1.82) is 0 Å². The van der Waals surface area contributed by atoms with E-state index in [4.69, 9.17) is 0 Å². The number of carbonyl (C=O) groups is 1. The van der Waals surface area contributed by atoms with Crippen molar-refractivity contribution in [2.75, 3.05) is 0 Å². The molecule has 0 amide bonds. The summed E-state index contributed by atoms with van der Waals surface area (Å²) in [5.74, 6) is 0.240. The minimum Gasteiger partial charge on any atom is -0.300 e. The number of unbranched alkanes of at least 4 members (excludes halogenated alkanes) is 3. The smallest absolute Gasteiger partial charge is 0.134 e. The van der Waals surface area contributed by atoms with Gasteiger partial charge in [-0.1, -0.05) is 44.4 Å². The van der Waals surface area contributed by atoms with Gasteiger partial charge in [0.15, 0.2) is 0 Å². The molecule has 0 fully saturated rings. The number of Topliss-reactive ketones (excluding diaryl/α,β-unsaturated/α-hetero) is 1. The predicted molar refractivity (Wildman–Crippen MR) is 73.4 cm³/mol. The van der Waals surface area contributed by atoms with Gasteiger partial charge in [0.1, 0.15) is 5.78 Å². The molecule has 1 heteroatoms. The lowest BCUT2D eigenvalue weighted by Crippen LogP contribution is -1.99. The fourth-order valence-electron chi connectivity index (χ4n) is 2.14. The molecule has 0 aliphatic heterocycles. The van der Waals surface area contributed by atoms with E-state index in [-0.39, 0.29) is 5.78 Å². The second-order valence-corrected chi connectivity index (χ2v) is 4.95. The molecule has 0 N–H and O–H groups in total. The van der Waals surface area contributed by atoms with E-state index < -0.39 is 0 Å². The SMILES string of the molecule is CCCCCCc1ccc(CC(C)=O)c(C)c1. The Morgan fingerprint density at radius 2 is 1.94 bits per heavy atom. The number of aryl methyl sites for hydroxylation is 2. The average Bonchev–Trinajstić information content (AvgIpc) is 2.27. The van der Waals surface area contributed by atoms with Gasteiger partial charge >= 0.3 is 0 Å². The lowest BCUT2D eigenvalue weighted by atomic mass is 9.98. The van der Waals surface area contributed by atoms with Crippen LogP contribution in [0.4, 0.5) is 0 Å². The van der Waals surface area contributed by atoms with Gasteiger partial charge in [-0.05, 0) is 43.4 Å². The average molecular weight is 232 g/mol. The molecule has 0 radical (unpaired) electrons. The maximum atomic E-state index is 11.1. The summed E-state index contributed by atoms with van der Waals surface area (Å²) in [6.07, 6.45) is 6.96. The monoisotopic (exact) mass is 232 g/mol. The van der Waals surface area contributed by atoms with Crippen molar-refractivity contribution in [2.24, 2.45) is 0 Å². The maximum Gasteiger partial charge on any atom is 0.134 e. The van der Waals surface area contributed by atoms with Crippen LogP contribution in [0.15, 0.2) is 18.2 Å². The van der Waals surface area contributed by atoms with E-state index in [1.165, 1.54) is 48.8 Å². The molecule has 94 valence electrons. The van der Waals surface area contributed by atoms with Crippen LogP contribution in [0, 0.1) is 6.92 Å². The number of rotatable bonds is 7. The Labute approximate surface area is 105 Å². The predicted octanol–water partition coefficient (Wildman–Crippen LogP) is 4.25. The van der Waals surface area contributed by atoms with Crippen LogP contribution in [-0.2, 0) is 17.6 Å². The number of ketones is 1. The van der Waals surface area contributed by atoms with Crippen LogP contribution in [0.5, 0.6) is 0 Å². The van der Waals surface area contributed by atoms with E-state index in [1.807, 2.05) is 0 Å². The fourth-order valence-corrected chi connectivity index (χ4v) is 2.14. The standard InChI is InChI=1S/C16H24O/c1-4-5-6-7-8-15-9-10-16(12-14(3)17)13(2)11-15/h9-11H,4-8,12H2,1-3H3. The number of carbonyl (C=O) groups excluding carboxylic acids is 1. The first-order valence-corrected chi connectivity index (χ1v) is 6.71. The number of hydrogen-bond acceptors (Lipinski definition) is 1. The molecule has 0 aliphatic carbocycles. The van der Waals surface area contributed by atoms with Gasteiger partial charge in [-0.2, -0.15) is 0 Å². The van der Waals surface area contributed by atoms with Crippen LogP contribution < -0.4 is 0 Å². The van der Waals surface area contributed by atoms with E-state index in [1.54, 1.807) is 6.92 Å². The Morgan fingerprint density at radius 1 is 1.18 bits per heavy atom. The molecule has 0 unspecified atom stereocenters. The van der Waals surface area contributed by atoms with Crippen molar-refractivity contribution < 1.29 is 4.79 Å². The van der Waals surface area contributed by atoms with Crippen molar-refractivity contribution in [3.8, 4) is 0 Å². The van der Waals surface area contributed by atoms with Crippen LogP contribution in [0.1, 0.15) is 56.2 Å². The molecule has 1 rings (SSSR count). The largest absolute Gasteiger partial charge is 0.300 e. The van der Waals surface area contributed by atoms with Crippen LogP contribution in [0.25, 0.3) is 0 Å². The Kier molecular flexibility index (Phi) is 5.96. The van der Waals surface area contributed by atoms with Crippen LogP contribution in [0.3, 0.4) is 0 Å². The van der Waals surface area contributed by atoms with E-state index in [2.05, 4.69) is 32.0 Å². The van der Waals surface area contributed by atoms with E-state index in [0.29, 0.717) is 6.42 Å². The summed E-state index contributed by atoms with van der Waals surface area (Å²) < 4.78 is 0. The normalized spacial score (nSPS) is 10.5. The molecule has 0 heterocycles. The minimum atomic E-state index is 0.240. The Bertz CT molecular complexity index is 366. The first kappa shape index (κ1) is 14.0. The van der Waals surface area contributed by atoms with Crippen LogP contribution in [0.2, 0.25) is 0 Å². The Hall–Kier alpha value is -1.11. The third-order valence-corrected chi connectivity index (χ3v) is 3.17. The van der Waals surface area contributed by atoms with Crippen molar-refractivity contribution in [2.45, 2.75) is 59.3 Å². The molecular weight excluding hydrogens is 208 g/mol. The van der Waals surface area contributed by atoms with Gasteiger partial charge in [0.2, 0.25) is 0 Å². The highest BCUT2D eigenvalue weighted by Crippen LogP contribution is 2.14. The second-order valence-electron chi connectivity index (χ2n) is 4.95. The summed E-state index contributed by atoms with van der Waals surface area (Å²) in [6, 6.07) is 6.54. The third-order valence-electron chi connectivity index (χ3n) is 3.17. The first-order chi connectivity index (χ1) is 8.13. The lowest BCUT2D eigenvalue weighted by Gasteiger charge is -2.07. The van der Waals surface area contributed by atoms with Gasteiger partial charge in [0.05, 0.1) is 0 Å². The highest BCUT2D eigenvalue weighted by molar-refractivity contribution is 5.78. The topological polar surface area (TPSA) is 17.1 Å². The number of benzene rings is 1.